The smallest absolute Gasteiger partial charge is 0.133 e. The second-order valence-electron chi connectivity index (χ2n) is 6.31. The van der Waals surface area contributed by atoms with Gasteiger partial charge in [0.1, 0.15) is 11.6 Å². The average Bonchev–Trinajstić information content (AvgIpc) is 2.45. The summed E-state index contributed by atoms with van der Waals surface area (Å²) in [5.41, 5.74) is 1.07. The number of hydrogen-bond acceptors (Lipinski definition) is 4. The monoisotopic (exact) mass is 276 g/mol. The Morgan fingerprint density at radius 3 is 2.70 bits per heavy atom. The number of nitrogens with zero attached hydrogens (tertiary/aromatic N) is 3. The topological polar surface area (TPSA) is 41.0 Å². The largest absolute Gasteiger partial charge is 0.356 e. The highest BCUT2D eigenvalue weighted by Crippen LogP contribution is 2.25. The van der Waals surface area contributed by atoms with Gasteiger partial charge >= 0.3 is 0 Å². The molecule has 1 aromatic heterocycles. The van der Waals surface area contributed by atoms with Crippen LogP contribution in [0.25, 0.3) is 0 Å². The van der Waals surface area contributed by atoms with Crippen LogP contribution in [0, 0.1) is 12.8 Å². The van der Waals surface area contributed by atoms with E-state index in [1.807, 2.05) is 0 Å². The van der Waals surface area contributed by atoms with E-state index in [0.29, 0.717) is 17.9 Å². The van der Waals surface area contributed by atoms with Gasteiger partial charge < -0.3 is 10.2 Å². The lowest BCUT2D eigenvalue weighted by atomic mass is 9.91. The summed E-state index contributed by atoms with van der Waals surface area (Å²) in [5.74, 6) is 3.15. The van der Waals surface area contributed by atoms with Crippen LogP contribution >= 0.6 is 0 Å². The summed E-state index contributed by atoms with van der Waals surface area (Å²) in [7, 11) is 2.05. The predicted octanol–water partition coefficient (Wildman–Crippen LogP) is 2.73. The number of aromatic nitrogens is 2. The Bertz CT molecular complexity index is 444. The van der Waals surface area contributed by atoms with Crippen molar-refractivity contribution in [1.29, 1.82) is 0 Å². The zero-order valence-corrected chi connectivity index (χ0v) is 13.5. The van der Waals surface area contributed by atoms with Gasteiger partial charge in [0, 0.05) is 36.8 Å². The van der Waals surface area contributed by atoms with Crippen LogP contribution in [-0.4, -0.2) is 36.1 Å². The van der Waals surface area contributed by atoms with Crippen LogP contribution in [0.15, 0.2) is 6.07 Å². The number of hydrogen-bond donors (Lipinski definition) is 1. The van der Waals surface area contributed by atoms with Crippen LogP contribution in [0.2, 0.25) is 0 Å². The summed E-state index contributed by atoms with van der Waals surface area (Å²) in [4.78, 5) is 11.8. The molecule has 0 amide bonds. The molecule has 0 radical (unpaired) electrons. The first-order chi connectivity index (χ1) is 9.51. The molecule has 1 saturated heterocycles. The number of rotatable bonds is 4. The van der Waals surface area contributed by atoms with Crippen LogP contribution in [0.4, 0.5) is 5.82 Å². The molecule has 0 bridgehead atoms. The first-order valence-electron chi connectivity index (χ1n) is 7.79. The van der Waals surface area contributed by atoms with E-state index >= 15 is 0 Å². The van der Waals surface area contributed by atoms with E-state index in [1.165, 1.54) is 12.8 Å². The molecule has 2 unspecified atom stereocenters. The van der Waals surface area contributed by atoms with E-state index in [2.05, 4.69) is 56.0 Å². The molecule has 4 heteroatoms. The molecule has 112 valence electrons. The van der Waals surface area contributed by atoms with Gasteiger partial charge in [0.05, 0.1) is 0 Å². The zero-order chi connectivity index (χ0) is 14.7. The number of nitrogens with one attached hydrogen (secondary N) is 1. The normalized spacial score (nSPS) is 21.3. The Morgan fingerprint density at radius 1 is 1.30 bits per heavy atom. The lowest BCUT2D eigenvalue weighted by Crippen LogP contribution is -2.44. The van der Waals surface area contributed by atoms with Crippen molar-refractivity contribution in [3.05, 3.63) is 17.6 Å². The molecule has 0 saturated carbocycles. The first kappa shape index (κ1) is 15.2. The Labute approximate surface area is 123 Å². The molecule has 0 aromatic carbocycles. The molecule has 2 atom stereocenters. The maximum Gasteiger partial charge on any atom is 0.133 e. The molecular formula is C16H28N4. The number of anilines is 1. The van der Waals surface area contributed by atoms with Gasteiger partial charge in [-0.15, -0.1) is 0 Å². The van der Waals surface area contributed by atoms with Crippen LogP contribution in [0.1, 0.15) is 51.0 Å². The van der Waals surface area contributed by atoms with E-state index in [9.17, 15) is 0 Å². The van der Waals surface area contributed by atoms with E-state index in [-0.39, 0.29) is 0 Å². The van der Waals surface area contributed by atoms with Crippen molar-refractivity contribution in [2.24, 2.45) is 5.92 Å². The van der Waals surface area contributed by atoms with Gasteiger partial charge in [0.15, 0.2) is 0 Å². The molecule has 1 N–H and O–H groups in total. The third-order valence-corrected chi connectivity index (χ3v) is 4.32. The summed E-state index contributed by atoms with van der Waals surface area (Å²) in [5, 5.41) is 3.39. The maximum atomic E-state index is 4.77. The fourth-order valence-electron chi connectivity index (χ4n) is 2.86. The van der Waals surface area contributed by atoms with Gasteiger partial charge in [-0.1, -0.05) is 13.8 Å². The van der Waals surface area contributed by atoms with Gasteiger partial charge in [0.2, 0.25) is 0 Å². The highest BCUT2D eigenvalue weighted by molar-refractivity contribution is 5.40. The molecule has 0 spiro atoms. The van der Waals surface area contributed by atoms with Crippen LogP contribution in [0.3, 0.4) is 0 Å². The third-order valence-electron chi connectivity index (χ3n) is 4.32. The summed E-state index contributed by atoms with van der Waals surface area (Å²) in [6.07, 6.45) is 2.55. The highest BCUT2D eigenvalue weighted by Gasteiger charge is 2.25. The Morgan fingerprint density at radius 2 is 2.05 bits per heavy atom. The molecule has 20 heavy (non-hydrogen) atoms. The minimum Gasteiger partial charge on any atom is -0.356 e. The molecule has 2 heterocycles. The quantitative estimate of drug-likeness (QED) is 0.918. The molecule has 1 fully saturated rings. The standard InChI is InChI=1S/C16H28N4/c1-11(2)16-18-12(3)9-15(19-16)20-8-6-7-14(10-20)13(4)17-5/h9,11,13-14,17H,6-8,10H2,1-5H3. The summed E-state index contributed by atoms with van der Waals surface area (Å²) < 4.78 is 0. The second kappa shape index (κ2) is 6.53. The van der Waals surface area contributed by atoms with Gasteiger partial charge in [-0.05, 0) is 39.7 Å². The van der Waals surface area contributed by atoms with Gasteiger partial charge in [-0.3, -0.25) is 0 Å². The van der Waals surface area contributed by atoms with Crippen LogP contribution < -0.4 is 10.2 Å². The van der Waals surface area contributed by atoms with Gasteiger partial charge in [0.25, 0.3) is 0 Å². The first-order valence-corrected chi connectivity index (χ1v) is 7.79. The SMILES string of the molecule is CNC(C)C1CCCN(c2cc(C)nc(C(C)C)n2)C1. The van der Waals surface area contributed by atoms with Crippen molar-refractivity contribution < 1.29 is 0 Å². The Kier molecular flexibility index (Phi) is 4.97. The Balaban J connectivity index is 2.18. The molecule has 0 aliphatic carbocycles. The van der Waals surface area contributed by atoms with Crippen molar-refractivity contribution in [3.8, 4) is 0 Å². The molecule has 1 aliphatic rings. The van der Waals surface area contributed by atoms with Crippen LogP contribution in [-0.2, 0) is 0 Å². The van der Waals surface area contributed by atoms with Crippen molar-refractivity contribution in [2.75, 3.05) is 25.0 Å². The Hall–Kier alpha value is -1.16. The van der Waals surface area contributed by atoms with Crippen molar-refractivity contribution in [3.63, 3.8) is 0 Å². The maximum absolute atomic E-state index is 4.77. The summed E-state index contributed by atoms with van der Waals surface area (Å²) in [6, 6.07) is 2.68. The van der Waals surface area contributed by atoms with Crippen molar-refractivity contribution in [1.82, 2.24) is 15.3 Å². The number of aryl methyl sites for hydroxylation is 1. The molecule has 1 aliphatic heterocycles. The van der Waals surface area contributed by atoms with E-state index in [1.54, 1.807) is 0 Å². The summed E-state index contributed by atoms with van der Waals surface area (Å²) in [6.45, 7) is 10.9. The lowest BCUT2D eigenvalue weighted by Gasteiger charge is -2.36. The fraction of sp³-hybridized carbons (Fsp3) is 0.750. The minimum atomic E-state index is 0.380. The minimum absolute atomic E-state index is 0.380. The van der Waals surface area contributed by atoms with E-state index in [0.717, 1.165) is 30.4 Å². The van der Waals surface area contributed by atoms with Crippen molar-refractivity contribution in [2.45, 2.75) is 52.5 Å². The molecule has 4 nitrogen and oxygen atoms in total. The lowest BCUT2D eigenvalue weighted by molar-refractivity contribution is 0.332. The van der Waals surface area contributed by atoms with Gasteiger partial charge in [-0.2, -0.15) is 0 Å². The van der Waals surface area contributed by atoms with Crippen molar-refractivity contribution >= 4 is 5.82 Å². The van der Waals surface area contributed by atoms with Gasteiger partial charge in [-0.25, -0.2) is 9.97 Å². The highest BCUT2D eigenvalue weighted by atomic mass is 15.2. The number of piperidine rings is 1. The zero-order valence-electron chi connectivity index (χ0n) is 13.5. The predicted molar refractivity (Wildman–Crippen MR) is 84.3 cm³/mol. The molecular weight excluding hydrogens is 248 g/mol. The van der Waals surface area contributed by atoms with Crippen LogP contribution in [0.5, 0.6) is 0 Å². The molecule has 1 aromatic rings. The average molecular weight is 276 g/mol. The fourth-order valence-corrected chi connectivity index (χ4v) is 2.86. The molecule has 2 rings (SSSR count). The van der Waals surface area contributed by atoms with E-state index in [4.69, 9.17) is 4.98 Å². The summed E-state index contributed by atoms with van der Waals surface area (Å²) >= 11 is 0. The second-order valence-corrected chi connectivity index (χ2v) is 6.31. The van der Waals surface area contributed by atoms with E-state index < -0.39 is 0 Å². The third kappa shape index (κ3) is 3.48.